The Bertz CT molecular complexity index is 462. The molecule has 1 atom stereocenters. The Morgan fingerprint density at radius 1 is 1.63 bits per heavy atom. The number of anilines is 1. The quantitative estimate of drug-likeness (QED) is 0.830. The van der Waals surface area contributed by atoms with Crippen molar-refractivity contribution in [3.63, 3.8) is 0 Å². The van der Waals surface area contributed by atoms with Crippen molar-refractivity contribution in [3.05, 3.63) is 17.5 Å². The van der Waals surface area contributed by atoms with Gasteiger partial charge >= 0.3 is 0 Å². The molecule has 1 fully saturated rings. The molecule has 1 saturated heterocycles. The van der Waals surface area contributed by atoms with Crippen LogP contribution in [0.15, 0.2) is 6.20 Å². The summed E-state index contributed by atoms with van der Waals surface area (Å²) in [5, 5.41) is 3.04. The second-order valence-electron chi connectivity index (χ2n) is 4.99. The van der Waals surface area contributed by atoms with Gasteiger partial charge in [-0.15, -0.1) is 0 Å². The number of nitrogens with two attached hydrogens (primary N) is 1. The molecule has 1 aliphatic rings. The maximum atomic E-state index is 12.1. The van der Waals surface area contributed by atoms with Gasteiger partial charge in [-0.25, -0.2) is 9.97 Å². The Morgan fingerprint density at radius 2 is 2.42 bits per heavy atom. The van der Waals surface area contributed by atoms with E-state index in [4.69, 9.17) is 5.73 Å². The molecule has 104 valence electrons. The molecule has 2 rings (SSSR count). The minimum absolute atomic E-state index is 0.110. The number of nitrogens with one attached hydrogen (secondary N) is 1. The normalized spacial score (nSPS) is 19.6. The van der Waals surface area contributed by atoms with Gasteiger partial charge in [0.05, 0.1) is 11.3 Å². The van der Waals surface area contributed by atoms with E-state index >= 15 is 0 Å². The van der Waals surface area contributed by atoms with Crippen molar-refractivity contribution in [3.8, 4) is 0 Å². The third-order valence-corrected chi connectivity index (χ3v) is 3.39. The number of nitrogen functional groups attached to an aromatic ring is 1. The second-order valence-corrected chi connectivity index (χ2v) is 4.99. The summed E-state index contributed by atoms with van der Waals surface area (Å²) in [5.74, 6) is 0.0879. The van der Waals surface area contributed by atoms with Crippen LogP contribution in [0, 0.1) is 6.92 Å². The van der Waals surface area contributed by atoms with Crippen molar-refractivity contribution < 1.29 is 4.79 Å². The predicted molar refractivity (Wildman–Crippen MR) is 73.8 cm³/mol. The molecule has 6 heteroatoms. The van der Waals surface area contributed by atoms with E-state index in [1.54, 1.807) is 6.92 Å². The molecule has 0 aliphatic carbocycles. The molecule has 1 aromatic heterocycles. The van der Waals surface area contributed by atoms with Gasteiger partial charge in [-0.05, 0) is 26.3 Å². The fraction of sp³-hybridized carbons (Fsp3) is 0.615. The van der Waals surface area contributed by atoms with Crippen LogP contribution < -0.4 is 11.1 Å². The van der Waals surface area contributed by atoms with Gasteiger partial charge in [0, 0.05) is 25.3 Å². The van der Waals surface area contributed by atoms with E-state index in [2.05, 4.69) is 27.1 Å². The number of amides is 1. The zero-order valence-corrected chi connectivity index (χ0v) is 11.5. The van der Waals surface area contributed by atoms with Crippen LogP contribution in [0.1, 0.15) is 35.8 Å². The summed E-state index contributed by atoms with van der Waals surface area (Å²) in [6.07, 6.45) is 3.64. The van der Waals surface area contributed by atoms with E-state index in [0.29, 0.717) is 11.3 Å². The largest absolute Gasteiger partial charge is 0.368 e. The lowest BCUT2D eigenvalue weighted by molar-refractivity contribution is 0.0936. The monoisotopic (exact) mass is 263 g/mol. The van der Waals surface area contributed by atoms with Gasteiger partial charge in [0.2, 0.25) is 5.95 Å². The molecule has 2 heterocycles. The van der Waals surface area contributed by atoms with Crippen LogP contribution in [-0.2, 0) is 0 Å². The minimum atomic E-state index is -0.110. The van der Waals surface area contributed by atoms with Gasteiger partial charge in [-0.3, -0.25) is 4.79 Å². The number of hydrogen-bond donors (Lipinski definition) is 2. The van der Waals surface area contributed by atoms with Crippen LogP contribution in [0.3, 0.4) is 0 Å². The zero-order valence-electron chi connectivity index (χ0n) is 11.5. The first-order valence-corrected chi connectivity index (χ1v) is 6.72. The maximum Gasteiger partial charge on any atom is 0.254 e. The van der Waals surface area contributed by atoms with Gasteiger partial charge in [-0.1, -0.05) is 6.92 Å². The predicted octanol–water partition coefficient (Wildman–Crippen LogP) is 0.581. The van der Waals surface area contributed by atoms with Crippen LogP contribution >= 0.6 is 0 Å². The SMILES string of the molecule is CCCN1CCC(NC(=O)c2cnc(N)nc2C)C1. The van der Waals surface area contributed by atoms with Crippen molar-refractivity contribution in [1.82, 2.24) is 20.2 Å². The van der Waals surface area contributed by atoms with Crippen molar-refractivity contribution >= 4 is 11.9 Å². The molecule has 0 aromatic carbocycles. The summed E-state index contributed by atoms with van der Waals surface area (Å²) in [4.78, 5) is 22.4. The Kier molecular flexibility index (Phi) is 4.31. The molecule has 6 nitrogen and oxygen atoms in total. The summed E-state index contributed by atoms with van der Waals surface area (Å²) in [6, 6.07) is 0.219. The average Bonchev–Trinajstić information content (AvgIpc) is 2.76. The molecule has 19 heavy (non-hydrogen) atoms. The van der Waals surface area contributed by atoms with Crippen LogP contribution in [0.4, 0.5) is 5.95 Å². The number of aromatic nitrogens is 2. The van der Waals surface area contributed by atoms with Crippen LogP contribution in [0.2, 0.25) is 0 Å². The molecule has 3 N–H and O–H groups in total. The summed E-state index contributed by atoms with van der Waals surface area (Å²) < 4.78 is 0. The summed E-state index contributed by atoms with van der Waals surface area (Å²) >= 11 is 0. The average molecular weight is 263 g/mol. The molecule has 1 aliphatic heterocycles. The van der Waals surface area contributed by atoms with Gasteiger partial charge in [0.15, 0.2) is 0 Å². The first kappa shape index (κ1) is 13.7. The fourth-order valence-electron chi connectivity index (χ4n) is 2.44. The molecule has 1 aromatic rings. The Labute approximate surface area is 113 Å². The molecule has 1 amide bonds. The highest BCUT2D eigenvalue weighted by Gasteiger charge is 2.24. The Balaban J connectivity index is 1.94. The molecule has 1 unspecified atom stereocenters. The highest BCUT2D eigenvalue weighted by Crippen LogP contribution is 2.11. The van der Waals surface area contributed by atoms with E-state index in [1.165, 1.54) is 6.20 Å². The third-order valence-electron chi connectivity index (χ3n) is 3.39. The minimum Gasteiger partial charge on any atom is -0.368 e. The highest BCUT2D eigenvalue weighted by atomic mass is 16.1. The Hall–Kier alpha value is -1.69. The second kappa shape index (κ2) is 5.97. The lowest BCUT2D eigenvalue weighted by Crippen LogP contribution is -2.37. The molecule has 0 radical (unpaired) electrons. The summed E-state index contributed by atoms with van der Waals surface area (Å²) in [7, 11) is 0. The van der Waals surface area contributed by atoms with Crippen molar-refractivity contribution in [1.29, 1.82) is 0 Å². The molecule has 0 bridgehead atoms. The summed E-state index contributed by atoms with van der Waals surface area (Å²) in [5.41, 5.74) is 6.60. The fourth-order valence-corrected chi connectivity index (χ4v) is 2.44. The molecular weight excluding hydrogens is 242 g/mol. The smallest absolute Gasteiger partial charge is 0.254 e. The highest BCUT2D eigenvalue weighted by molar-refractivity contribution is 5.95. The number of nitrogens with zero attached hydrogens (tertiary/aromatic N) is 3. The first-order chi connectivity index (χ1) is 9.10. The standard InChI is InChI=1S/C13H21N5O/c1-3-5-18-6-4-10(8-18)17-12(19)11-7-15-13(14)16-9(11)2/h7,10H,3-6,8H2,1-2H3,(H,17,19)(H2,14,15,16). The van der Waals surface area contributed by atoms with Gasteiger partial charge in [0.1, 0.15) is 0 Å². The van der Waals surface area contributed by atoms with Crippen LogP contribution in [0.25, 0.3) is 0 Å². The Morgan fingerprint density at radius 3 is 3.11 bits per heavy atom. The number of hydrogen-bond acceptors (Lipinski definition) is 5. The number of carbonyl (C=O) groups is 1. The first-order valence-electron chi connectivity index (χ1n) is 6.72. The van der Waals surface area contributed by atoms with E-state index in [9.17, 15) is 4.79 Å². The van der Waals surface area contributed by atoms with E-state index in [-0.39, 0.29) is 17.9 Å². The van der Waals surface area contributed by atoms with Crippen molar-refractivity contribution in [2.75, 3.05) is 25.4 Å². The lowest BCUT2D eigenvalue weighted by atomic mass is 10.2. The lowest BCUT2D eigenvalue weighted by Gasteiger charge is -2.16. The van der Waals surface area contributed by atoms with E-state index < -0.39 is 0 Å². The number of likely N-dealkylation sites (tertiary alicyclic amines) is 1. The number of carbonyl (C=O) groups excluding carboxylic acids is 1. The van der Waals surface area contributed by atoms with Gasteiger partial charge in [-0.2, -0.15) is 0 Å². The molecule has 0 spiro atoms. The maximum absolute atomic E-state index is 12.1. The zero-order chi connectivity index (χ0) is 13.8. The van der Waals surface area contributed by atoms with E-state index in [0.717, 1.165) is 32.5 Å². The van der Waals surface area contributed by atoms with Gasteiger partial charge < -0.3 is 16.0 Å². The van der Waals surface area contributed by atoms with Crippen LogP contribution in [0.5, 0.6) is 0 Å². The molecule has 0 saturated carbocycles. The van der Waals surface area contributed by atoms with Crippen molar-refractivity contribution in [2.45, 2.75) is 32.7 Å². The molecular formula is C13H21N5O. The van der Waals surface area contributed by atoms with Crippen molar-refractivity contribution in [2.24, 2.45) is 0 Å². The number of aryl methyl sites for hydroxylation is 1. The van der Waals surface area contributed by atoms with E-state index in [1.807, 2.05) is 0 Å². The third kappa shape index (κ3) is 3.41. The van der Waals surface area contributed by atoms with Gasteiger partial charge in [0.25, 0.3) is 5.91 Å². The van der Waals surface area contributed by atoms with Crippen LogP contribution in [-0.4, -0.2) is 46.5 Å². The topological polar surface area (TPSA) is 84.1 Å². The number of rotatable bonds is 4. The summed E-state index contributed by atoms with van der Waals surface area (Å²) in [6.45, 7) is 7.01.